The zero-order chi connectivity index (χ0) is 14.4. The molecule has 1 amide bonds. The van der Waals surface area contributed by atoms with Gasteiger partial charge in [-0.3, -0.25) is 10.1 Å². The van der Waals surface area contributed by atoms with Crippen LogP contribution in [0, 0.1) is 11.8 Å². The van der Waals surface area contributed by atoms with Gasteiger partial charge in [-0.05, 0) is 18.2 Å². The first-order chi connectivity index (χ1) is 9.72. The predicted molar refractivity (Wildman–Crippen MR) is 79.0 cm³/mol. The molecule has 2 aromatic rings. The lowest BCUT2D eigenvalue weighted by Crippen LogP contribution is -2.11. The van der Waals surface area contributed by atoms with Crippen molar-refractivity contribution in [2.75, 3.05) is 19.0 Å². The number of methoxy groups -OCH3 is 1. The van der Waals surface area contributed by atoms with Gasteiger partial charge in [-0.2, -0.15) is 0 Å². The summed E-state index contributed by atoms with van der Waals surface area (Å²) in [5.74, 6) is 5.99. The van der Waals surface area contributed by atoms with Crippen LogP contribution in [0.25, 0.3) is 0 Å². The van der Waals surface area contributed by atoms with Crippen molar-refractivity contribution in [3.8, 4) is 17.6 Å². The summed E-state index contributed by atoms with van der Waals surface area (Å²) in [5.41, 5.74) is 5.80. The Hall–Kier alpha value is -2.36. The van der Waals surface area contributed by atoms with Crippen LogP contribution >= 0.6 is 11.3 Å². The molecule has 2 rings (SSSR count). The summed E-state index contributed by atoms with van der Waals surface area (Å²) in [6.07, 6.45) is 1.61. The molecule has 1 aromatic carbocycles. The molecule has 0 bridgehead atoms. The third-order valence-corrected chi connectivity index (χ3v) is 3.20. The van der Waals surface area contributed by atoms with Crippen molar-refractivity contribution in [1.82, 2.24) is 4.98 Å². The molecule has 0 atom stereocenters. The van der Waals surface area contributed by atoms with Crippen LogP contribution in [0.5, 0.6) is 5.75 Å². The SMILES string of the molecule is COc1cccc(C(=O)Nc2ncc(C#CCN)s2)c1. The highest BCUT2D eigenvalue weighted by molar-refractivity contribution is 7.16. The number of anilines is 1. The average Bonchev–Trinajstić information content (AvgIpc) is 2.92. The van der Waals surface area contributed by atoms with Gasteiger partial charge in [0.1, 0.15) is 5.75 Å². The van der Waals surface area contributed by atoms with E-state index in [0.717, 1.165) is 4.88 Å². The number of nitrogens with zero attached hydrogens (tertiary/aromatic N) is 1. The first kappa shape index (κ1) is 14.1. The summed E-state index contributed by atoms with van der Waals surface area (Å²) >= 11 is 1.30. The predicted octanol–water partition coefficient (Wildman–Crippen LogP) is 1.71. The molecule has 0 saturated carbocycles. The smallest absolute Gasteiger partial charge is 0.257 e. The first-order valence-electron chi connectivity index (χ1n) is 5.83. The number of nitrogens with two attached hydrogens (primary N) is 1. The van der Waals surface area contributed by atoms with E-state index in [9.17, 15) is 4.79 Å². The minimum atomic E-state index is -0.239. The molecule has 1 heterocycles. The van der Waals surface area contributed by atoms with Gasteiger partial charge in [0.05, 0.1) is 24.7 Å². The van der Waals surface area contributed by atoms with Gasteiger partial charge in [-0.25, -0.2) is 4.98 Å². The van der Waals surface area contributed by atoms with E-state index in [2.05, 4.69) is 22.1 Å². The maximum absolute atomic E-state index is 12.0. The third-order valence-electron chi connectivity index (χ3n) is 2.37. The molecule has 0 aliphatic rings. The fourth-order valence-electron chi connectivity index (χ4n) is 1.46. The van der Waals surface area contributed by atoms with Crippen molar-refractivity contribution in [3.05, 3.63) is 40.9 Å². The number of thiazole rings is 1. The van der Waals surface area contributed by atoms with Crippen LogP contribution in [-0.2, 0) is 0 Å². The topological polar surface area (TPSA) is 77.2 Å². The Balaban J connectivity index is 2.09. The summed E-state index contributed by atoms with van der Waals surface area (Å²) in [7, 11) is 1.56. The second-order valence-corrected chi connectivity index (χ2v) is 4.75. The fourth-order valence-corrected chi connectivity index (χ4v) is 2.15. The number of rotatable bonds is 3. The molecule has 20 heavy (non-hydrogen) atoms. The molecule has 3 N–H and O–H groups in total. The summed E-state index contributed by atoms with van der Waals surface area (Å²) in [4.78, 5) is 16.9. The number of amides is 1. The van der Waals surface area contributed by atoms with Crippen molar-refractivity contribution in [2.24, 2.45) is 5.73 Å². The molecule has 0 radical (unpaired) electrons. The lowest BCUT2D eigenvalue weighted by atomic mass is 10.2. The molecular weight excluding hydrogens is 274 g/mol. The van der Waals surface area contributed by atoms with Crippen molar-refractivity contribution >= 4 is 22.4 Å². The zero-order valence-corrected chi connectivity index (χ0v) is 11.7. The molecule has 0 saturated heterocycles. The van der Waals surface area contributed by atoms with Gasteiger partial charge >= 0.3 is 0 Å². The van der Waals surface area contributed by atoms with E-state index in [1.165, 1.54) is 11.3 Å². The Labute approximate surface area is 120 Å². The maximum Gasteiger partial charge on any atom is 0.257 e. The molecular formula is C14H13N3O2S. The van der Waals surface area contributed by atoms with Crippen LogP contribution in [0.15, 0.2) is 30.5 Å². The molecule has 0 aliphatic heterocycles. The molecule has 0 spiro atoms. The van der Waals surface area contributed by atoms with Gasteiger partial charge in [0.25, 0.3) is 5.91 Å². The lowest BCUT2D eigenvalue weighted by molar-refractivity contribution is 0.102. The molecule has 0 aliphatic carbocycles. The Morgan fingerprint density at radius 2 is 2.40 bits per heavy atom. The van der Waals surface area contributed by atoms with E-state index in [1.54, 1.807) is 37.6 Å². The second-order valence-electron chi connectivity index (χ2n) is 3.72. The molecule has 0 unspecified atom stereocenters. The van der Waals surface area contributed by atoms with Gasteiger partial charge in [0.15, 0.2) is 5.13 Å². The molecule has 1 aromatic heterocycles. The molecule has 102 valence electrons. The lowest BCUT2D eigenvalue weighted by Gasteiger charge is -2.03. The van der Waals surface area contributed by atoms with Crippen molar-refractivity contribution < 1.29 is 9.53 Å². The number of hydrogen-bond acceptors (Lipinski definition) is 5. The standard InChI is InChI=1S/C14H13N3O2S/c1-19-11-5-2-4-10(8-11)13(18)17-14-16-9-12(20-14)6-3-7-15/h2,4-5,8-9H,7,15H2,1H3,(H,16,17,18). The number of hydrogen-bond donors (Lipinski definition) is 2. The van der Waals surface area contributed by atoms with Gasteiger partial charge in [-0.15, -0.1) is 0 Å². The number of carbonyl (C=O) groups is 1. The second kappa shape index (κ2) is 6.70. The summed E-state index contributed by atoms with van der Waals surface area (Å²) in [5, 5.41) is 3.22. The van der Waals surface area contributed by atoms with Crippen LogP contribution < -0.4 is 15.8 Å². The summed E-state index contributed by atoms with van der Waals surface area (Å²) in [6.45, 7) is 0.295. The molecule has 5 nitrogen and oxygen atoms in total. The van der Waals surface area contributed by atoms with E-state index in [4.69, 9.17) is 10.5 Å². The van der Waals surface area contributed by atoms with Crippen molar-refractivity contribution in [1.29, 1.82) is 0 Å². The molecule has 6 heteroatoms. The normalized spacial score (nSPS) is 9.50. The van der Waals surface area contributed by atoms with Gasteiger partial charge in [0.2, 0.25) is 0 Å². The Morgan fingerprint density at radius 1 is 1.55 bits per heavy atom. The van der Waals surface area contributed by atoms with E-state index in [1.807, 2.05) is 0 Å². The highest BCUT2D eigenvalue weighted by Crippen LogP contribution is 2.19. The quantitative estimate of drug-likeness (QED) is 0.843. The number of ether oxygens (including phenoxy) is 1. The zero-order valence-electron chi connectivity index (χ0n) is 10.8. The Morgan fingerprint density at radius 3 is 3.15 bits per heavy atom. The number of benzene rings is 1. The van der Waals surface area contributed by atoms with Crippen LogP contribution in [0.1, 0.15) is 15.2 Å². The van der Waals surface area contributed by atoms with Crippen LogP contribution in [0.4, 0.5) is 5.13 Å². The van der Waals surface area contributed by atoms with E-state index >= 15 is 0 Å². The van der Waals surface area contributed by atoms with Gasteiger partial charge < -0.3 is 10.5 Å². The fraction of sp³-hybridized carbons (Fsp3) is 0.143. The van der Waals surface area contributed by atoms with Crippen LogP contribution in [0.3, 0.4) is 0 Å². The number of aromatic nitrogens is 1. The summed E-state index contributed by atoms with van der Waals surface area (Å²) in [6, 6.07) is 6.91. The number of nitrogens with one attached hydrogen (secondary N) is 1. The Kier molecular flexibility index (Phi) is 4.71. The highest BCUT2D eigenvalue weighted by atomic mass is 32.1. The van der Waals surface area contributed by atoms with E-state index in [-0.39, 0.29) is 5.91 Å². The minimum absolute atomic E-state index is 0.239. The first-order valence-corrected chi connectivity index (χ1v) is 6.64. The number of carbonyl (C=O) groups excluding carboxylic acids is 1. The minimum Gasteiger partial charge on any atom is -0.497 e. The summed E-state index contributed by atoms with van der Waals surface area (Å²) < 4.78 is 5.08. The van der Waals surface area contributed by atoms with Crippen LogP contribution in [0.2, 0.25) is 0 Å². The van der Waals surface area contributed by atoms with Gasteiger partial charge in [-0.1, -0.05) is 29.2 Å². The highest BCUT2D eigenvalue weighted by Gasteiger charge is 2.09. The van der Waals surface area contributed by atoms with Crippen LogP contribution in [-0.4, -0.2) is 24.5 Å². The van der Waals surface area contributed by atoms with Crippen molar-refractivity contribution in [3.63, 3.8) is 0 Å². The van der Waals surface area contributed by atoms with Gasteiger partial charge in [0, 0.05) is 5.56 Å². The monoisotopic (exact) mass is 287 g/mol. The van der Waals surface area contributed by atoms with Crippen molar-refractivity contribution in [2.45, 2.75) is 0 Å². The molecule has 0 fully saturated rings. The Bertz CT molecular complexity index is 670. The third kappa shape index (κ3) is 3.57. The average molecular weight is 287 g/mol. The maximum atomic E-state index is 12.0. The largest absolute Gasteiger partial charge is 0.497 e. The van der Waals surface area contributed by atoms with E-state index < -0.39 is 0 Å². The van der Waals surface area contributed by atoms with E-state index in [0.29, 0.717) is 23.0 Å².